The molecule has 0 aliphatic carbocycles. The van der Waals surface area contributed by atoms with Crippen LogP contribution in [-0.4, -0.2) is 36.4 Å². The number of thiocarbonyl (C=S) groups is 1. The Balaban J connectivity index is 1.41. The maximum Gasteiger partial charge on any atom is 0.338 e. The number of amides is 1. The van der Waals surface area contributed by atoms with Crippen LogP contribution in [0.2, 0.25) is 15.1 Å². The zero-order chi connectivity index (χ0) is 30.9. The second-order valence-corrected chi connectivity index (χ2v) is 10.8. The lowest BCUT2D eigenvalue weighted by atomic mass is 9.95. The molecular formula is C30H27Cl3N4O5S. The minimum atomic E-state index is -0.644. The van der Waals surface area contributed by atoms with Crippen molar-refractivity contribution in [3.63, 3.8) is 0 Å². The molecule has 0 aromatic heterocycles. The molecule has 4 rings (SSSR count). The lowest BCUT2D eigenvalue weighted by molar-refractivity contribution is -0.139. The summed E-state index contributed by atoms with van der Waals surface area (Å²) in [5, 5.41) is 11.9. The number of rotatable bonds is 11. The minimum absolute atomic E-state index is 0.182. The molecule has 1 heterocycles. The van der Waals surface area contributed by atoms with Crippen LogP contribution < -0.4 is 25.5 Å². The highest BCUT2D eigenvalue weighted by Gasteiger charge is 2.32. The summed E-state index contributed by atoms with van der Waals surface area (Å²) in [4.78, 5) is 25.4. The number of ether oxygens (including phenoxy) is 3. The lowest BCUT2D eigenvalue weighted by Gasteiger charge is -2.30. The monoisotopic (exact) mass is 660 g/mol. The maximum absolute atomic E-state index is 12.7. The van der Waals surface area contributed by atoms with Crippen molar-refractivity contribution in [3.05, 3.63) is 104 Å². The minimum Gasteiger partial charge on any atom is -0.488 e. The number of halogens is 3. The van der Waals surface area contributed by atoms with Gasteiger partial charge >= 0.3 is 5.97 Å². The Hall–Kier alpha value is -3.83. The average molecular weight is 662 g/mol. The highest BCUT2D eigenvalue weighted by Crippen LogP contribution is 2.33. The first-order chi connectivity index (χ1) is 20.7. The smallest absolute Gasteiger partial charge is 0.338 e. The molecule has 0 saturated carbocycles. The number of hydrogen-bond donors (Lipinski definition) is 3. The molecule has 0 bridgehead atoms. The van der Waals surface area contributed by atoms with Gasteiger partial charge in [-0.05, 0) is 62.5 Å². The maximum atomic E-state index is 12.7. The summed E-state index contributed by atoms with van der Waals surface area (Å²) in [6.07, 6.45) is 1.41. The standard InChI is InChI=1S/C30H27Cl3N4O5S/c1-3-40-29(39)27-17(2)35-30(43)36-28(27)22-6-4-5-7-25(22)42-16-26(38)37-34-14-19-12-20(31)10-11-24(19)41-15-18-8-9-21(32)13-23(18)33/h4-14,28H,3,15-16H2,1-2H3,(H,37,38)(H2,35,36,43)/t28-/m0/s1. The number of allylic oxidation sites excluding steroid dienone is 1. The van der Waals surface area contributed by atoms with Crippen LogP contribution in [0, 0.1) is 0 Å². The van der Waals surface area contributed by atoms with Crippen molar-refractivity contribution in [3.8, 4) is 11.5 Å². The van der Waals surface area contributed by atoms with Gasteiger partial charge in [-0.25, -0.2) is 10.2 Å². The van der Waals surface area contributed by atoms with Gasteiger partial charge in [-0.2, -0.15) is 5.10 Å². The molecule has 0 fully saturated rings. The SMILES string of the molecule is CCOC(=O)C1=C(C)NC(=S)N[C@H]1c1ccccc1OCC(=O)NN=Cc1cc(Cl)ccc1OCc1ccc(Cl)cc1Cl. The van der Waals surface area contributed by atoms with Gasteiger partial charge in [0.15, 0.2) is 11.7 Å². The molecule has 1 aliphatic heterocycles. The summed E-state index contributed by atoms with van der Waals surface area (Å²) in [5.41, 5.74) is 5.24. The molecule has 13 heteroatoms. The Bertz CT molecular complexity index is 1600. The Kier molecular flexibility index (Phi) is 11.2. The summed E-state index contributed by atoms with van der Waals surface area (Å²) >= 11 is 23.7. The van der Waals surface area contributed by atoms with E-state index in [1.807, 2.05) is 0 Å². The van der Waals surface area contributed by atoms with Gasteiger partial charge in [0.05, 0.1) is 24.4 Å². The zero-order valence-corrected chi connectivity index (χ0v) is 26.2. The third-order valence-electron chi connectivity index (χ3n) is 6.12. The van der Waals surface area contributed by atoms with E-state index in [1.165, 1.54) is 6.21 Å². The number of carbonyl (C=O) groups excluding carboxylic acids is 2. The third kappa shape index (κ3) is 8.61. The predicted octanol–water partition coefficient (Wildman–Crippen LogP) is 6.11. The number of hydrazone groups is 1. The second-order valence-electron chi connectivity index (χ2n) is 9.12. The molecule has 224 valence electrons. The van der Waals surface area contributed by atoms with E-state index >= 15 is 0 Å². The summed E-state index contributed by atoms with van der Waals surface area (Å²) in [6, 6.07) is 16.5. The first kappa shape index (κ1) is 32.1. The van der Waals surface area contributed by atoms with Crippen LogP contribution in [0.25, 0.3) is 0 Å². The number of hydrogen-bond acceptors (Lipinski definition) is 7. The average Bonchev–Trinajstić information content (AvgIpc) is 2.96. The fraction of sp³-hybridized carbons (Fsp3) is 0.200. The Labute approximate surface area is 269 Å². The summed E-state index contributed by atoms with van der Waals surface area (Å²) < 4.78 is 17.0. The molecular weight excluding hydrogens is 635 g/mol. The highest BCUT2D eigenvalue weighted by atomic mass is 35.5. The van der Waals surface area contributed by atoms with Crippen LogP contribution in [-0.2, 0) is 20.9 Å². The summed E-state index contributed by atoms with van der Waals surface area (Å²) in [5.74, 6) is -0.152. The van der Waals surface area contributed by atoms with Crippen molar-refractivity contribution in [2.24, 2.45) is 5.10 Å². The van der Waals surface area contributed by atoms with Gasteiger partial charge in [-0.15, -0.1) is 0 Å². The van der Waals surface area contributed by atoms with Gasteiger partial charge in [-0.3, -0.25) is 4.79 Å². The van der Waals surface area contributed by atoms with Gasteiger partial charge in [0.1, 0.15) is 18.1 Å². The fourth-order valence-corrected chi connectivity index (χ4v) is 5.07. The normalized spacial score (nSPS) is 14.6. The molecule has 0 unspecified atom stereocenters. The third-order valence-corrected chi connectivity index (χ3v) is 7.16. The van der Waals surface area contributed by atoms with Crippen LogP contribution in [0.15, 0.2) is 77.0 Å². The van der Waals surface area contributed by atoms with E-state index in [-0.39, 0.29) is 19.8 Å². The van der Waals surface area contributed by atoms with Gasteiger partial charge in [0.25, 0.3) is 5.91 Å². The van der Waals surface area contributed by atoms with Crippen LogP contribution in [0.3, 0.4) is 0 Å². The van der Waals surface area contributed by atoms with E-state index in [4.69, 9.17) is 61.2 Å². The van der Waals surface area contributed by atoms with Crippen LogP contribution in [0.5, 0.6) is 11.5 Å². The van der Waals surface area contributed by atoms with Crippen LogP contribution >= 0.6 is 47.0 Å². The zero-order valence-electron chi connectivity index (χ0n) is 23.1. The molecule has 3 aromatic rings. The van der Waals surface area contributed by atoms with Crippen LogP contribution in [0.4, 0.5) is 0 Å². The Morgan fingerprint density at radius 1 is 1.02 bits per heavy atom. The Morgan fingerprint density at radius 2 is 1.77 bits per heavy atom. The first-order valence-electron chi connectivity index (χ1n) is 13.0. The molecule has 1 atom stereocenters. The highest BCUT2D eigenvalue weighted by molar-refractivity contribution is 7.80. The number of carbonyl (C=O) groups is 2. The van der Waals surface area contributed by atoms with Crippen molar-refractivity contribution >= 4 is 70.2 Å². The molecule has 0 saturated heterocycles. The fourth-order valence-electron chi connectivity index (χ4n) is 4.15. The van der Waals surface area contributed by atoms with E-state index in [1.54, 1.807) is 74.5 Å². The molecule has 9 nitrogen and oxygen atoms in total. The first-order valence-corrected chi connectivity index (χ1v) is 14.6. The number of para-hydroxylation sites is 1. The van der Waals surface area contributed by atoms with E-state index in [2.05, 4.69) is 21.2 Å². The molecule has 0 spiro atoms. The van der Waals surface area contributed by atoms with Gasteiger partial charge < -0.3 is 24.8 Å². The molecule has 1 amide bonds. The molecule has 0 radical (unpaired) electrons. The van der Waals surface area contributed by atoms with Crippen molar-refractivity contribution < 1.29 is 23.8 Å². The number of benzene rings is 3. The molecule has 3 N–H and O–H groups in total. The number of nitrogens with one attached hydrogen (secondary N) is 3. The van der Waals surface area contributed by atoms with E-state index < -0.39 is 17.9 Å². The number of esters is 1. The summed E-state index contributed by atoms with van der Waals surface area (Å²) in [7, 11) is 0. The molecule has 43 heavy (non-hydrogen) atoms. The lowest BCUT2D eigenvalue weighted by Crippen LogP contribution is -2.45. The molecule has 3 aromatic carbocycles. The van der Waals surface area contributed by atoms with Crippen molar-refractivity contribution in [2.45, 2.75) is 26.5 Å². The van der Waals surface area contributed by atoms with Gasteiger partial charge in [0.2, 0.25) is 0 Å². The van der Waals surface area contributed by atoms with Crippen molar-refractivity contribution in [1.82, 2.24) is 16.1 Å². The van der Waals surface area contributed by atoms with Gasteiger partial charge in [0, 0.05) is 37.5 Å². The number of nitrogens with zero attached hydrogens (tertiary/aromatic N) is 1. The predicted molar refractivity (Wildman–Crippen MR) is 171 cm³/mol. The van der Waals surface area contributed by atoms with Crippen LogP contribution in [0.1, 0.15) is 36.6 Å². The Morgan fingerprint density at radius 3 is 2.53 bits per heavy atom. The molecule has 1 aliphatic rings. The quantitative estimate of drug-likeness (QED) is 0.0978. The topological polar surface area (TPSA) is 110 Å². The summed E-state index contributed by atoms with van der Waals surface area (Å²) in [6.45, 7) is 3.51. The van der Waals surface area contributed by atoms with E-state index in [0.29, 0.717) is 54.1 Å². The van der Waals surface area contributed by atoms with E-state index in [9.17, 15) is 9.59 Å². The largest absolute Gasteiger partial charge is 0.488 e. The van der Waals surface area contributed by atoms with Crippen molar-refractivity contribution in [1.29, 1.82) is 0 Å². The van der Waals surface area contributed by atoms with Gasteiger partial charge in [-0.1, -0.05) is 59.1 Å². The van der Waals surface area contributed by atoms with Crippen molar-refractivity contribution in [2.75, 3.05) is 13.2 Å². The van der Waals surface area contributed by atoms with E-state index in [0.717, 1.165) is 5.56 Å². The second kappa shape index (κ2) is 15.1.